The molecule has 1 aliphatic carbocycles. The molecule has 2 fully saturated rings. The minimum atomic E-state index is -4.74. The number of halogens is 4. The Bertz CT molecular complexity index is 584. The minimum Gasteiger partial charge on any atom is -0.405 e. The fourth-order valence-electron chi connectivity index (χ4n) is 3.63. The summed E-state index contributed by atoms with van der Waals surface area (Å²) in [5, 5.41) is 0. The van der Waals surface area contributed by atoms with Crippen LogP contribution < -0.4 is 10.5 Å². The summed E-state index contributed by atoms with van der Waals surface area (Å²) >= 11 is 0. The Kier molecular flexibility index (Phi) is 4.75. The number of hydrogen-bond acceptors (Lipinski definition) is 3. The molecule has 24 heavy (non-hydrogen) atoms. The summed E-state index contributed by atoms with van der Waals surface area (Å²) in [5.74, 6) is -0.0326. The molecule has 0 bridgehead atoms. The van der Waals surface area contributed by atoms with Crippen LogP contribution in [0.3, 0.4) is 0 Å². The van der Waals surface area contributed by atoms with Crippen molar-refractivity contribution in [3.63, 3.8) is 0 Å². The molecule has 0 amide bonds. The molecule has 2 aliphatic rings. The lowest BCUT2D eigenvalue weighted by atomic mass is 9.75. The number of nitrogens with two attached hydrogens (primary N) is 1. The lowest BCUT2D eigenvalue weighted by molar-refractivity contribution is -0.275. The molecule has 1 saturated carbocycles. The van der Waals surface area contributed by atoms with Crippen LogP contribution in [0.1, 0.15) is 49.3 Å². The van der Waals surface area contributed by atoms with E-state index in [1.165, 1.54) is 6.07 Å². The Hall–Kier alpha value is -1.34. The van der Waals surface area contributed by atoms with E-state index in [0.29, 0.717) is 24.6 Å². The first-order chi connectivity index (χ1) is 11.2. The molecular formula is C17H22F4N2O. The van der Waals surface area contributed by atoms with Gasteiger partial charge in [0.15, 0.2) is 0 Å². The van der Waals surface area contributed by atoms with Crippen LogP contribution in [-0.2, 0) is 0 Å². The molecule has 3 rings (SSSR count). The van der Waals surface area contributed by atoms with Gasteiger partial charge in [0.05, 0.1) is 0 Å². The molecule has 2 N–H and O–H groups in total. The second kappa shape index (κ2) is 6.52. The Balaban J connectivity index is 1.70. The Morgan fingerprint density at radius 2 is 2.00 bits per heavy atom. The van der Waals surface area contributed by atoms with Crippen LogP contribution in [0.4, 0.5) is 17.6 Å². The van der Waals surface area contributed by atoms with E-state index in [1.54, 1.807) is 13.0 Å². The van der Waals surface area contributed by atoms with Crippen molar-refractivity contribution in [3.8, 4) is 5.75 Å². The zero-order chi connectivity index (χ0) is 17.5. The quantitative estimate of drug-likeness (QED) is 0.841. The zero-order valence-electron chi connectivity index (χ0n) is 13.5. The van der Waals surface area contributed by atoms with Crippen LogP contribution in [0.15, 0.2) is 18.2 Å². The zero-order valence-corrected chi connectivity index (χ0v) is 13.5. The van der Waals surface area contributed by atoms with Crippen molar-refractivity contribution >= 4 is 0 Å². The van der Waals surface area contributed by atoms with Crippen LogP contribution in [0.25, 0.3) is 0 Å². The first-order valence-corrected chi connectivity index (χ1v) is 8.26. The molecule has 7 heteroatoms. The smallest absolute Gasteiger partial charge is 0.405 e. The van der Waals surface area contributed by atoms with Crippen molar-refractivity contribution in [1.29, 1.82) is 0 Å². The molecular weight excluding hydrogens is 324 g/mol. The topological polar surface area (TPSA) is 38.5 Å². The van der Waals surface area contributed by atoms with Crippen LogP contribution >= 0.6 is 0 Å². The predicted octanol–water partition coefficient (Wildman–Crippen LogP) is 3.89. The van der Waals surface area contributed by atoms with Crippen molar-refractivity contribution in [2.45, 2.75) is 56.7 Å². The fraction of sp³-hybridized carbons (Fsp3) is 0.647. The van der Waals surface area contributed by atoms with Gasteiger partial charge < -0.3 is 10.5 Å². The minimum absolute atomic E-state index is 0.186. The molecule has 1 saturated heterocycles. The highest BCUT2D eigenvalue weighted by molar-refractivity contribution is 5.41. The van der Waals surface area contributed by atoms with E-state index in [1.807, 2.05) is 6.07 Å². The molecule has 1 heterocycles. The summed E-state index contributed by atoms with van der Waals surface area (Å²) < 4.78 is 55.3. The molecule has 134 valence electrons. The number of hydrogen-bond donors (Lipinski definition) is 1. The predicted molar refractivity (Wildman–Crippen MR) is 82.6 cm³/mol. The van der Waals surface area contributed by atoms with E-state index in [0.717, 1.165) is 24.9 Å². The van der Waals surface area contributed by atoms with E-state index in [4.69, 9.17) is 5.73 Å². The third-order valence-corrected chi connectivity index (χ3v) is 5.02. The first kappa shape index (κ1) is 17.5. The summed E-state index contributed by atoms with van der Waals surface area (Å²) in [5.41, 5.74) is 6.90. The van der Waals surface area contributed by atoms with E-state index in [2.05, 4.69) is 9.64 Å². The van der Waals surface area contributed by atoms with Crippen molar-refractivity contribution in [3.05, 3.63) is 29.3 Å². The van der Waals surface area contributed by atoms with Gasteiger partial charge in [-0.25, -0.2) is 4.39 Å². The van der Waals surface area contributed by atoms with E-state index in [9.17, 15) is 17.6 Å². The second-order valence-corrected chi connectivity index (χ2v) is 6.84. The Labute approximate surface area is 138 Å². The molecule has 1 aromatic rings. The summed E-state index contributed by atoms with van der Waals surface area (Å²) in [6.45, 7) is 2.87. The van der Waals surface area contributed by atoms with Crippen LogP contribution in [-0.4, -0.2) is 36.6 Å². The van der Waals surface area contributed by atoms with Gasteiger partial charge in [-0.2, -0.15) is 0 Å². The van der Waals surface area contributed by atoms with Crippen LogP contribution in [0.5, 0.6) is 5.75 Å². The van der Waals surface area contributed by atoms with Gasteiger partial charge in [-0.1, -0.05) is 12.1 Å². The Morgan fingerprint density at radius 3 is 2.54 bits per heavy atom. The third-order valence-electron chi connectivity index (χ3n) is 5.02. The van der Waals surface area contributed by atoms with Crippen molar-refractivity contribution in [2.24, 2.45) is 5.73 Å². The SMILES string of the molecule is C[C@H](N)c1ccc(C2CC(N3CC[C@@H](F)C3)C2)cc1OC(F)(F)F. The molecule has 0 spiro atoms. The van der Waals surface area contributed by atoms with E-state index in [-0.39, 0.29) is 11.7 Å². The molecule has 3 nitrogen and oxygen atoms in total. The highest BCUT2D eigenvalue weighted by atomic mass is 19.4. The maximum atomic E-state index is 13.3. The molecule has 0 unspecified atom stereocenters. The second-order valence-electron chi connectivity index (χ2n) is 6.84. The van der Waals surface area contributed by atoms with Gasteiger partial charge in [0.25, 0.3) is 0 Å². The summed E-state index contributed by atoms with van der Waals surface area (Å²) in [7, 11) is 0. The normalized spacial score (nSPS) is 29.3. The molecule has 0 radical (unpaired) electrons. The van der Waals surface area contributed by atoms with Crippen molar-refractivity contribution in [2.75, 3.05) is 13.1 Å². The van der Waals surface area contributed by atoms with Gasteiger partial charge in [-0.3, -0.25) is 4.90 Å². The first-order valence-electron chi connectivity index (χ1n) is 8.26. The standard InChI is InChI=1S/C17H22F4N2O/c1-10(22)15-3-2-11(8-16(15)24-17(19,20)21)12-6-14(7-12)23-5-4-13(18)9-23/h2-3,8,10,12-14H,4-7,9,22H2,1H3/t10-,12?,13+,14?/m0/s1. The van der Waals surface area contributed by atoms with Gasteiger partial charge in [0.1, 0.15) is 11.9 Å². The largest absolute Gasteiger partial charge is 0.573 e. The van der Waals surface area contributed by atoms with E-state index < -0.39 is 18.6 Å². The molecule has 1 aliphatic heterocycles. The van der Waals surface area contributed by atoms with Crippen LogP contribution in [0, 0.1) is 0 Å². The number of likely N-dealkylation sites (tertiary alicyclic amines) is 1. The highest BCUT2D eigenvalue weighted by Crippen LogP contribution is 2.43. The van der Waals surface area contributed by atoms with Gasteiger partial charge >= 0.3 is 6.36 Å². The number of ether oxygens (including phenoxy) is 1. The van der Waals surface area contributed by atoms with Gasteiger partial charge in [0.2, 0.25) is 0 Å². The summed E-state index contributed by atoms with van der Waals surface area (Å²) in [4.78, 5) is 2.14. The maximum absolute atomic E-state index is 13.3. The lowest BCUT2D eigenvalue weighted by Crippen LogP contribution is -2.42. The number of rotatable bonds is 4. The lowest BCUT2D eigenvalue weighted by Gasteiger charge is -2.41. The molecule has 0 aromatic heterocycles. The van der Waals surface area contributed by atoms with Gasteiger partial charge in [-0.05, 0) is 43.7 Å². The van der Waals surface area contributed by atoms with Gasteiger partial charge in [0, 0.05) is 30.7 Å². The Morgan fingerprint density at radius 1 is 1.29 bits per heavy atom. The monoisotopic (exact) mass is 346 g/mol. The van der Waals surface area contributed by atoms with Crippen molar-refractivity contribution < 1.29 is 22.3 Å². The third kappa shape index (κ3) is 3.83. The maximum Gasteiger partial charge on any atom is 0.573 e. The van der Waals surface area contributed by atoms with Crippen LogP contribution in [0.2, 0.25) is 0 Å². The van der Waals surface area contributed by atoms with Gasteiger partial charge in [-0.15, -0.1) is 13.2 Å². The average Bonchev–Trinajstić information content (AvgIpc) is 2.81. The number of alkyl halides is 4. The van der Waals surface area contributed by atoms with E-state index >= 15 is 0 Å². The summed E-state index contributed by atoms with van der Waals surface area (Å²) in [6, 6.07) is 4.68. The number of nitrogens with zero attached hydrogens (tertiary/aromatic N) is 1. The molecule has 1 aromatic carbocycles. The van der Waals surface area contributed by atoms with Crippen molar-refractivity contribution in [1.82, 2.24) is 4.90 Å². The number of benzene rings is 1. The average molecular weight is 346 g/mol. The molecule has 2 atom stereocenters. The summed E-state index contributed by atoms with van der Waals surface area (Å²) in [6.07, 6.45) is -3.23. The highest BCUT2D eigenvalue weighted by Gasteiger charge is 2.38. The fourth-order valence-corrected chi connectivity index (χ4v) is 3.63.